The van der Waals surface area contributed by atoms with Gasteiger partial charge in [-0.3, -0.25) is 9.59 Å². The summed E-state index contributed by atoms with van der Waals surface area (Å²) >= 11 is 1.47. The largest absolute Gasteiger partial charge is 0.469 e. The Hall–Kier alpha value is -1.63. The monoisotopic (exact) mass is 353 g/mol. The third kappa shape index (κ3) is 5.47. The lowest BCUT2D eigenvalue weighted by Crippen LogP contribution is -2.39. The number of rotatable bonds is 7. The third-order valence-corrected chi connectivity index (χ3v) is 5.11. The van der Waals surface area contributed by atoms with E-state index in [4.69, 9.17) is 4.74 Å². The van der Waals surface area contributed by atoms with Crippen LogP contribution in [0.15, 0.2) is 5.38 Å². The average molecular weight is 353 g/mol. The van der Waals surface area contributed by atoms with Crippen LogP contribution in [0.3, 0.4) is 0 Å². The maximum Gasteiger partial charge on any atom is 0.305 e. The van der Waals surface area contributed by atoms with Crippen LogP contribution in [0.25, 0.3) is 0 Å². The van der Waals surface area contributed by atoms with Crippen molar-refractivity contribution in [2.45, 2.75) is 39.5 Å². The van der Waals surface area contributed by atoms with E-state index in [1.165, 1.54) is 18.4 Å². The van der Waals surface area contributed by atoms with Gasteiger partial charge in [0.2, 0.25) is 0 Å². The topological polar surface area (TPSA) is 71.5 Å². The molecule has 0 aliphatic carbocycles. The van der Waals surface area contributed by atoms with Crippen LogP contribution in [0.2, 0.25) is 0 Å². The van der Waals surface area contributed by atoms with Crippen LogP contribution in [0.1, 0.15) is 50.0 Å². The fourth-order valence-electron chi connectivity index (χ4n) is 2.74. The second-order valence-corrected chi connectivity index (χ2v) is 7.52. The highest BCUT2D eigenvalue weighted by molar-refractivity contribution is 7.13. The third-order valence-electron chi connectivity index (χ3n) is 4.31. The predicted octanol–water partition coefficient (Wildman–Crippen LogP) is 3.02. The highest BCUT2D eigenvalue weighted by Gasteiger charge is 2.26. The van der Waals surface area contributed by atoms with Crippen molar-refractivity contribution in [2.75, 3.05) is 32.1 Å². The summed E-state index contributed by atoms with van der Waals surface area (Å²) in [6.45, 7) is 6.59. The quantitative estimate of drug-likeness (QED) is 0.763. The first-order valence-electron chi connectivity index (χ1n) is 8.55. The molecule has 7 heteroatoms. The number of methoxy groups -OCH3 is 1. The van der Waals surface area contributed by atoms with Gasteiger partial charge in [0.25, 0.3) is 5.91 Å². The zero-order valence-corrected chi connectivity index (χ0v) is 15.5. The summed E-state index contributed by atoms with van der Waals surface area (Å²) in [5.41, 5.74) is 0.512. The van der Waals surface area contributed by atoms with Gasteiger partial charge in [-0.25, -0.2) is 4.98 Å². The van der Waals surface area contributed by atoms with Crippen LogP contribution in [-0.4, -0.2) is 48.5 Å². The van der Waals surface area contributed by atoms with Crippen molar-refractivity contribution in [1.82, 2.24) is 9.88 Å². The van der Waals surface area contributed by atoms with Gasteiger partial charge in [0, 0.05) is 31.4 Å². The lowest BCUT2D eigenvalue weighted by atomic mass is 9.93. The molecule has 0 radical (unpaired) electrons. The van der Waals surface area contributed by atoms with Gasteiger partial charge in [-0.15, -0.1) is 11.3 Å². The fraction of sp³-hybridized carbons (Fsp3) is 0.706. The Kier molecular flexibility index (Phi) is 7.02. The Morgan fingerprint density at radius 1 is 1.42 bits per heavy atom. The van der Waals surface area contributed by atoms with Gasteiger partial charge in [0.05, 0.1) is 7.11 Å². The SMILES string of the molecule is COC(=O)CC1CCN(C(=O)c2csc(NCCC(C)C)n2)CC1. The Balaban J connectivity index is 1.80. The molecule has 2 heterocycles. The van der Waals surface area contributed by atoms with Crippen molar-refractivity contribution < 1.29 is 14.3 Å². The van der Waals surface area contributed by atoms with E-state index in [0.29, 0.717) is 37.0 Å². The second kappa shape index (κ2) is 9.01. The Morgan fingerprint density at radius 2 is 2.12 bits per heavy atom. The molecular weight excluding hydrogens is 326 g/mol. The highest BCUT2D eigenvalue weighted by atomic mass is 32.1. The van der Waals surface area contributed by atoms with Gasteiger partial charge >= 0.3 is 5.97 Å². The normalized spacial score (nSPS) is 15.6. The number of thiazole rings is 1. The van der Waals surface area contributed by atoms with E-state index in [9.17, 15) is 9.59 Å². The van der Waals surface area contributed by atoms with Crippen LogP contribution in [0.5, 0.6) is 0 Å². The Bertz CT molecular complexity index is 551. The first-order valence-corrected chi connectivity index (χ1v) is 9.43. The Morgan fingerprint density at radius 3 is 2.75 bits per heavy atom. The number of nitrogens with zero attached hydrogens (tertiary/aromatic N) is 2. The summed E-state index contributed by atoms with van der Waals surface area (Å²) in [4.78, 5) is 30.1. The molecule has 0 atom stereocenters. The van der Waals surface area contributed by atoms with Crippen molar-refractivity contribution in [3.63, 3.8) is 0 Å². The predicted molar refractivity (Wildman–Crippen MR) is 95.3 cm³/mol. The zero-order chi connectivity index (χ0) is 17.5. The number of anilines is 1. The number of likely N-dealkylation sites (tertiary alicyclic amines) is 1. The molecule has 2 rings (SSSR count). The van der Waals surface area contributed by atoms with E-state index in [2.05, 4.69) is 24.1 Å². The summed E-state index contributed by atoms with van der Waals surface area (Å²) in [6, 6.07) is 0. The van der Waals surface area contributed by atoms with E-state index in [1.807, 2.05) is 10.3 Å². The zero-order valence-electron chi connectivity index (χ0n) is 14.7. The number of aromatic nitrogens is 1. The molecule has 0 saturated carbocycles. The van der Waals surface area contributed by atoms with Gasteiger partial charge in [0.1, 0.15) is 5.69 Å². The molecule has 1 amide bonds. The highest BCUT2D eigenvalue weighted by Crippen LogP contribution is 2.23. The summed E-state index contributed by atoms with van der Waals surface area (Å²) in [7, 11) is 1.41. The number of carbonyl (C=O) groups excluding carboxylic acids is 2. The average Bonchev–Trinajstić information content (AvgIpc) is 3.03. The van der Waals surface area contributed by atoms with Gasteiger partial charge in [-0.1, -0.05) is 13.8 Å². The minimum Gasteiger partial charge on any atom is -0.469 e. The van der Waals surface area contributed by atoms with Gasteiger partial charge < -0.3 is 15.0 Å². The molecule has 1 aromatic heterocycles. The molecule has 134 valence electrons. The number of piperidine rings is 1. The molecule has 0 aromatic carbocycles. The Labute approximate surface area is 147 Å². The maximum absolute atomic E-state index is 12.5. The van der Waals surface area contributed by atoms with Gasteiger partial charge in [-0.2, -0.15) is 0 Å². The summed E-state index contributed by atoms with van der Waals surface area (Å²) in [5, 5.41) is 5.90. The lowest BCUT2D eigenvalue weighted by molar-refractivity contribution is -0.142. The second-order valence-electron chi connectivity index (χ2n) is 6.66. The molecule has 1 fully saturated rings. The summed E-state index contributed by atoms with van der Waals surface area (Å²) < 4.78 is 4.71. The minimum atomic E-state index is -0.170. The number of ether oxygens (including phenoxy) is 1. The van der Waals surface area contributed by atoms with E-state index >= 15 is 0 Å². The summed E-state index contributed by atoms with van der Waals surface area (Å²) in [5.74, 6) is 0.770. The van der Waals surface area contributed by atoms with E-state index in [-0.39, 0.29) is 11.9 Å². The first-order chi connectivity index (χ1) is 11.5. The van der Waals surface area contributed by atoms with E-state index < -0.39 is 0 Å². The molecule has 1 N–H and O–H groups in total. The standard InChI is InChI=1S/C17H27N3O3S/c1-12(2)4-7-18-17-19-14(11-24-17)16(22)20-8-5-13(6-9-20)10-15(21)23-3/h11-13H,4-10H2,1-3H3,(H,18,19). The molecule has 1 saturated heterocycles. The van der Waals surface area contributed by atoms with Crippen LogP contribution in [0.4, 0.5) is 5.13 Å². The van der Waals surface area contributed by atoms with Crippen molar-refractivity contribution >= 4 is 28.3 Å². The van der Waals surface area contributed by atoms with Crippen LogP contribution >= 0.6 is 11.3 Å². The molecule has 1 aliphatic rings. The first kappa shape index (κ1) is 18.7. The van der Waals surface area contributed by atoms with Crippen molar-refractivity contribution in [2.24, 2.45) is 11.8 Å². The number of carbonyl (C=O) groups is 2. The number of nitrogens with one attached hydrogen (secondary N) is 1. The minimum absolute atomic E-state index is 0.0142. The molecule has 24 heavy (non-hydrogen) atoms. The summed E-state index contributed by atoms with van der Waals surface area (Å²) in [6.07, 6.45) is 3.20. The smallest absolute Gasteiger partial charge is 0.305 e. The van der Waals surface area contributed by atoms with Crippen molar-refractivity contribution in [3.8, 4) is 0 Å². The van der Waals surface area contributed by atoms with Crippen LogP contribution < -0.4 is 5.32 Å². The fourth-order valence-corrected chi connectivity index (χ4v) is 3.46. The molecular formula is C17H27N3O3S. The molecule has 0 bridgehead atoms. The maximum atomic E-state index is 12.5. The number of esters is 1. The molecule has 1 aromatic rings. The van der Waals surface area contributed by atoms with E-state index in [1.54, 1.807) is 0 Å². The molecule has 0 spiro atoms. The van der Waals surface area contributed by atoms with Gasteiger partial charge in [0.15, 0.2) is 5.13 Å². The molecule has 1 aliphatic heterocycles. The van der Waals surface area contributed by atoms with Gasteiger partial charge in [-0.05, 0) is 31.1 Å². The number of hydrogen-bond acceptors (Lipinski definition) is 6. The molecule has 0 unspecified atom stereocenters. The van der Waals surface area contributed by atoms with Crippen molar-refractivity contribution in [1.29, 1.82) is 0 Å². The lowest BCUT2D eigenvalue weighted by Gasteiger charge is -2.31. The van der Waals surface area contributed by atoms with Crippen LogP contribution in [0, 0.1) is 11.8 Å². The van der Waals surface area contributed by atoms with E-state index in [0.717, 1.165) is 30.9 Å². The van der Waals surface area contributed by atoms with Crippen LogP contribution in [-0.2, 0) is 9.53 Å². The number of hydrogen-bond donors (Lipinski definition) is 1. The number of amides is 1. The molecule has 6 nitrogen and oxygen atoms in total. The van der Waals surface area contributed by atoms with Crippen molar-refractivity contribution in [3.05, 3.63) is 11.1 Å².